The third kappa shape index (κ3) is 5.04. The molecule has 0 aliphatic carbocycles. The highest BCUT2D eigenvalue weighted by Crippen LogP contribution is 2.27. The number of amides is 1. The van der Waals surface area contributed by atoms with E-state index in [1.165, 1.54) is 30.2 Å². The average molecular weight is 365 g/mol. The normalized spacial score (nSPS) is 11.8. The predicted molar refractivity (Wildman–Crippen MR) is 97.3 cm³/mol. The molecule has 24 heavy (non-hydrogen) atoms. The van der Waals surface area contributed by atoms with Gasteiger partial charge in [-0.2, -0.15) is 0 Å². The van der Waals surface area contributed by atoms with E-state index in [1.54, 1.807) is 0 Å². The Hall–Kier alpha value is -1.93. The van der Waals surface area contributed by atoms with Gasteiger partial charge in [-0.3, -0.25) is 14.9 Å². The van der Waals surface area contributed by atoms with Crippen molar-refractivity contribution < 1.29 is 14.3 Å². The number of carbonyl (C=O) groups excluding carboxylic acids is 2. The molecule has 1 amide bonds. The van der Waals surface area contributed by atoms with E-state index in [1.807, 2.05) is 38.1 Å². The highest BCUT2D eigenvalue weighted by atomic mass is 32.2. The fourth-order valence-corrected chi connectivity index (χ4v) is 3.60. The zero-order chi connectivity index (χ0) is 17.5. The topological polar surface area (TPSA) is 81.2 Å². The number of aryl methyl sites for hydroxylation is 1. The average Bonchev–Trinajstić information content (AvgIpc) is 3.03. The number of ether oxygens (including phenoxy) is 1. The Kier molecular flexibility index (Phi) is 6.74. The van der Waals surface area contributed by atoms with Gasteiger partial charge in [0.25, 0.3) is 0 Å². The first-order chi connectivity index (χ1) is 11.5. The molecule has 0 saturated heterocycles. The summed E-state index contributed by atoms with van der Waals surface area (Å²) in [5, 5.41) is 11.8. The Morgan fingerprint density at radius 1 is 1.38 bits per heavy atom. The molecule has 1 unspecified atom stereocenters. The zero-order valence-corrected chi connectivity index (χ0v) is 15.4. The van der Waals surface area contributed by atoms with Crippen LogP contribution in [0, 0.1) is 6.92 Å². The van der Waals surface area contributed by atoms with Crippen molar-refractivity contribution >= 4 is 40.1 Å². The van der Waals surface area contributed by atoms with Crippen LogP contribution in [0.1, 0.15) is 18.9 Å². The second-order valence-electron chi connectivity index (χ2n) is 5.06. The highest BCUT2D eigenvalue weighted by molar-refractivity contribution is 8.01. The minimum absolute atomic E-state index is 0.146. The van der Waals surface area contributed by atoms with E-state index in [0.29, 0.717) is 11.6 Å². The monoisotopic (exact) mass is 365 g/mol. The molecular formula is C16H19N3O3S2. The number of methoxy groups -OCH3 is 1. The summed E-state index contributed by atoms with van der Waals surface area (Å²) < 4.78 is 4.59. The number of thioether (sulfide) groups is 1. The van der Waals surface area contributed by atoms with Crippen molar-refractivity contribution in [2.45, 2.75) is 25.5 Å². The second kappa shape index (κ2) is 8.79. The van der Waals surface area contributed by atoms with Gasteiger partial charge in [0, 0.05) is 5.56 Å². The third-order valence-corrected chi connectivity index (χ3v) is 5.45. The lowest BCUT2D eigenvalue weighted by atomic mass is 10.1. The Morgan fingerprint density at radius 3 is 2.83 bits per heavy atom. The van der Waals surface area contributed by atoms with E-state index >= 15 is 0 Å². The molecule has 1 atom stereocenters. The van der Waals surface area contributed by atoms with Gasteiger partial charge in [0.1, 0.15) is 5.01 Å². The lowest BCUT2D eigenvalue weighted by Crippen LogP contribution is -2.25. The summed E-state index contributed by atoms with van der Waals surface area (Å²) >= 11 is 2.58. The minimum atomic E-state index is -0.344. The van der Waals surface area contributed by atoms with Crippen LogP contribution in [-0.4, -0.2) is 40.2 Å². The first-order valence-electron chi connectivity index (χ1n) is 7.43. The Morgan fingerprint density at radius 2 is 2.17 bits per heavy atom. The maximum Gasteiger partial charge on any atom is 0.315 e. The first-order valence-corrected chi connectivity index (χ1v) is 9.29. The largest absolute Gasteiger partial charge is 0.468 e. The second-order valence-corrected chi connectivity index (χ2v) is 7.22. The molecule has 1 N–H and O–H groups in total. The number of benzene rings is 1. The van der Waals surface area contributed by atoms with Crippen LogP contribution in [0.4, 0.5) is 5.13 Å². The highest BCUT2D eigenvalue weighted by Gasteiger charge is 2.20. The van der Waals surface area contributed by atoms with Gasteiger partial charge >= 0.3 is 5.97 Å². The third-order valence-electron chi connectivity index (χ3n) is 3.21. The molecular weight excluding hydrogens is 346 g/mol. The molecule has 8 heteroatoms. The quantitative estimate of drug-likeness (QED) is 0.759. The van der Waals surface area contributed by atoms with E-state index in [-0.39, 0.29) is 22.9 Å². The molecule has 0 aliphatic rings. The van der Waals surface area contributed by atoms with Crippen molar-refractivity contribution in [3.05, 3.63) is 29.8 Å². The summed E-state index contributed by atoms with van der Waals surface area (Å²) in [6.07, 6.45) is 0.608. The molecule has 2 aromatic rings. The predicted octanol–water partition coefficient (Wildman–Crippen LogP) is 3.14. The molecule has 128 valence electrons. The Bertz CT molecular complexity index is 718. The van der Waals surface area contributed by atoms with E-state index in [2.05, 4.69) is 20.3 Å². The minimum Gasteiger partial charge on any atom is -0.468 e. The molecule has 0 radical (unpaired) electrons. The Balaban J connectivity index is 2.00. The van der Waals surface area contributed by atoms with Gasteiger partial charge in [0.2, 0.25) is 11.0 Å². The molecule has 0 bridgehead atoms. The lowest BCUT2D eigenvalue weighted by Gasteiger charge is -2.12. The van der Waals surface area contributed by atoms with E-state index in [9.17, 15) is 9.59 Å². The lowest BCUT2D eigenvalue weighted by molar-refractivity contribution is -0.137. The van der Waals surface area contributed by atoms with Crippen molar-refractivity contribution in [3.8, 4) is 10.6 Å². The van der Waals surface area contributed by atoms with Gasteiger partial charge in [-0.25, -0.2) is 0 Å². The number of aromatic nitrogens is 2. The smallest absolute Gasteiger partial charge is 0.315 e. The molecule has 1 heterocycles. The van der Waals surface area contributed by atoms with Gasteiger partial charge in [-0.05, 0) is 19.4 Å². The number of rotatable bonds is 7. The van der Waals surface area contributed by atoms with Crippen LogP contribution in [0.2, 0.25) is 0 Å². The molecule has 6 nitrogen and oxygen atoms in total. The number of hydrogen-bond donors (Lipinski definition) is 1. The van der Waals surface area contributed by atoms with Crippen LogP contribution in [0.15, 0.2) is 24.3 Å². The van der Waals surface area contributed by atoms with Crippen LogP contribution in [0.25, 0.3) is 10.6 Å². The fraction of sp³-hybridized carbons (Fsp3) is 0.375. The van der Waals surface area contributed by atoms with Crippen LogP contribution in [0.3, 0.4) is 0 Å². The summed E-state index contributed by atoms with van der Waals surface area (Å²) in [5.41, 5.74) is 2.11. The number of anilines is 1. The van der Waals surface area contributed by atoms with Gasteiger partial charge in [0.15, 0.2) is 0 Å². The van der Waals surface area contributed by atoms with Crippen molar-refractivity contribution in [3.63, 3.8) is 0 Å². The van der Waals surface area contributed by atoms with E-state index in [4.69, 9.17) is 0 Å². The summed E-state index contributed by atoms with van der Waals surface area (Å²) in [6.45, 7) is 3.91. The number of carbonyl (C=O) groups is 2. The van der Waals surface area contributed by atoms with Gasteiger partial charge in [0.05, 0.1) is 18.1 Å². The summed E-state index contributed by atoms with van der Waals surface area (Å²) in [4.78, 5) is 23.5. The van der Waals surface area contributed by atoms with Crippen LogP contribution < -0.4 is 5.32 Å². The zero-order valence-electron chi connectivity index (χ0n) is 13.7. The number of hydrogen-bond acceptors (Lipinski definition) is 7. The van der Waals surface area contributed by atoms with Crippen LogP contribution in [0.5, 0.6) is 0 Å². The van der Waals surface area contributed by atoms with Crippen molar-refractivity contribution in [2.24, 2.45) is 0 Å². The van der Waals surface area contributed by atoms with Crippen LogP contribution in [-0.2, 0) is 14.3 Å². The number of nitrogens with zero attached hydrogens (tertiary/aromatic N) is 2. The fourth-order valence-electron chi connectivity index (χ4n) is 1.96. The molecule has 0 spiro atoms. The summed E-state index contributed by atoms with van der Waals surface area (Å²) in [6, 6.07) is 7.95. The van der Waals surface area contributed by atoms with Gasteiger partial charge in [-0.1, -0.05) is 42.0 Å². The molecule has 1 aromatic carbocycles. The Labute approximate surface area is 149 Å². The van der Waals surface area contributed by atoms with Crippen molar-refractivity contribution in [1.82, 2.24) is 10.2 Å². The summed E-state index contributed by atoms with van der Waals surface area (Å²) in [5.74, 6) is -0.380. The summed E-state index contributed by atoms with van der Waals surface area (Å²) in [7, 11) is 1.33. The molecule has 0 fully saturated rings. The molecule has 2 rings (SSSR count). The maximum atomic E-state index is 12.3. The van der Waals surface area contributed by atoms with Crippen molar-refractivity contribution in [2.75, 3.05) is 18.2 Å². The van der Waals surface area contributed by atoms with Crippen molar-refractivity contribution in [1.29, 1.82) is 0 Å². The number of esters is 1. The first kappa shape index (κ1) is 18.4. The molecule has 0 aliphatic heterocycles. The van der Waals surface area contributed by atoms with E-state index < -0.39 is 0 Å². The SMILES string of the molecule is CCC(SCC(=O)OC)C(=O)Nc1nnc(-c2cccc(C)c2)s1. The maximum absolute atomic E-state index is 12.3. The van der Waals surface area contributed by atoms with E-state index in [0.717, 1.165) is 16.1 Å². The molecule has 1 aromatic heterocycles. The number of nitrogens with one attached hydrogen (secondary N) is 1. The van der Waals surface area contributed by atoms with Crippen LogP contribution >= 0.6 is 23.1 Å². The van der Waals surface area contributed by atoms with Gasteiger partial charge in [-0.15, -0.1) is 22.0 Å². The molecule has 0 saturated carbocycles. The standard InChI is InChI=1S/C16H19N3O3S2/c1-4-12(23-9-13(20)22-3)14(21)17-16-19-18-15(24-16)11-7-5-6-10(2)8-11/h5-8,12H,4,9H2,1-3H3,(H,17,19,21). The van der Waals surface area contributed by atoms with Gasteiger partial charge < -0.3 is 4.74 Å².